The summed E-state index contributed by atoms with van der Waals surface area (Å²) in [5, 5.41) is 5.25. The van der Waals surface area contributed by atoms with E-state index >= 15 is 0 Å². The number of nitrogens with zero attached hydrogens (tertiary/aromatic N) is 1. The lowest BCUT2D eigenvalue weighted by Crippen LogP contribution is -2.40. The van der Waals surface area contributed by atoms with Crippen molar-refractivity contribution < 1.29 is 17.9 Å². The van der Waals surface area contributed by atoms with E-state index in [9.17, 15) is 13.2 Å². The molecule has 1 aliphatic rings. The van der Waals surface area contributed by atoms with Gasteiger partial charge < -0.3 is 9.64 Å². The molecule has 0 spiro atoms. The van der Waals surface area contributed by atoms with Crippen LogP contribution in [0, 0.1) is 0 Å². The van der Waals surface area contributed by atoms with Gasteiger partial charge in [-0.25, -0.2) is 13.6 Å². The number of ether oxygens (including phenoxy) is 1. The first-order valence-corrected chi connectivity index (χ1v) is 8.39. The van der Waals surface area contributed by atoms with Gasteiger partial charge in [-0.2, -0.15) is 0 Å². The number of hydrogen-bond acceptors (Lipinski definition) is 4. The zero-order valence-corrected chi connectivity index (χ0v) is 13.2. The van der Waals surface area contributed by atoms with Crippen LogP contribution in [-0.2, 0) is 14.8 Å². The summed E-state index contributed by atoms with van der Waals surface area (Å²) in [7, 11) is -2.25. The third kappa shape index (κ3) is 3.94. The maximum atomic E-state index is 12.4. The highest BCUT2D eigenvalue weighted by atomic mass is 35.5. The smallest absolute Gasteiger partial charge is 0.253 e. The van der Waals surface area contributed by atoms with Crippen molar-refractivity contribution in [3.63, 3.8) is 0 Å². The molecule has 1 aliphatic heterocycles. The molecule has 116 valence electrons. The molecular weight excluding hydrogens is 316 g/mol. The average Bonchev–Trinajstić information content (AvgIpc) is 2.45. The van der Waals surface area contributed by atoms with Gasteiger partial charge in [0, 0.05) is 30.8 Å². The standard InChI is InChI=1S/C13H17ClN2O4S/c1-20-11-2-4-16(5-3-11)13(17)9-6-10(14)8-12(7-9)21(15,18)19/h6-8,11H,2-5H2,1H3,(H2,15,18,19). The number of carbonyl (C=O) groups is 1. The van der Waals surface area contributed by atoms with Crippen LogP contribution >= 0.6 is 11.6 Å². The van der Waals surface area contributed by atoms with E-state index in [0.717, 1.165) is 12.8 Å². The number of sulfonamides is 1. The van der Waals surface area contributed by atoms with Crippen LogP contribution in [0.1, 0.15) is 23.2 Å². The van der Waals surface area contributed by atoms with Gasteiger partial charge in [0.25, 0.3) is 5.91 Å². The molecule has 0 radical (unpaired) electrons. The van der Waals surface area contributed by atoms with Gasteiger partial charge in [-0.1, -0.05) is 11.6 Å². The second kappa shape index (κ2) is 6.31. The summed E-state index contributed by atoms with van der Waals surface area (Å²) in [6.07, 6.45) is 1.67. The number of hydrogen-bond donors (Lipinski definition) is 1. The van der Waals surface area contributed by atoms with Crippen LogP contribution < -0.4 is 5.14 Å². The van der Waals surface area contributed by atoms with Crippen molar-refractivity contribution in [1.29, 1.82) is 0 Å². The molecule has 1 aromatic carbocycles. The summed E-state index contributed by atoms with van der Waals surface area (Å²) in [5.41, 5.74) is 0.224. The van der Waals surface area contributed by atoms with Crippen LogP contribution in [-0.4, -0.2) is 45.5 Å². The lowest BCUT2D eigenvalue weighted by molar-refractivity contribution is 0.0350. The van der Waals surface area contributed by atoms with Gasteiger partial charge in [0.2, 0.25) is 10.0 Å². The number of primary sulfonamides is 1. The summed E-state index contributed by atoms with van der Waals surface area (Å²) >= 11 is 5.87. The first kappa shape index (κ1) is 16.2. The third-order valence-corrected chi connectivity index (χ3v) is 4.62. The number of carbonyl (C=O) groups excluding carboxylic acids is 1. The summed E-state index contributed by atoms with van der Waals surface area (Å²) in [6, 6.07) is 3.93. The minimum absolute atomic E-state index is 0.161. The number of benzene rings is 1. The van der Waals surface area contributed by atoms with E-state index in [2.05, 4.69) is 0 Å². The number of halogens is 1. The van der Waals surface area contributed by atoms with Gasteiger partial charge in [-0.15, -0.1) is 0 Å². The predicted octanol–water partition coefficient (Wildman–Crippen LogP) is 1.24. The van der Waals surface area contributed by atoms with E-state index in [-0.39, 0.29) is 27.5 Å². The molecule has 2 N–H and O–H groups in total. The number of amides is 1. The lowest BCUT2D eigenvalue weighted by atomic mass is 10.1. The Morgan fingerprint density at radius 3 is 2.48 bits per heavy atom. The molecule has 6 nitrogen and oxygen atoms in total. The summed E-state index contributed by atoms with van der Waals surface area (Å²) in [6.45, 7) is 1.13. The van der Waals surface area contributed by atoms with Crippen molar-refractivity contribution in [3.8, 4) is 0 Å². The Hall–Kier alpha value is -1.15. The van der Waals surface area contributed by atoms with E-state index in [1.165, 1.54) is 18.2 Å². The molecule has 1 aromatic rings. The highest BCUT2D eigenvalue weighted by molar-refractivity contribution is 7.89. The highest BCUT2D eigenvalue weighted by Crippen LogP contribution is 2.21. The van der Waals surface area contributed by atoms with E-state index in [1.54, 1.807) is 12.0 Å². The topological polar surface area (TPSA) is 89.7 Å². The lowest BCUT2D eigenvalue weighted by Gasteiger charge is -2.31. The Balaban J connectivity index is 2.22. The van der Waals surface area contributed by atoms with Crippen molar-refractivity contribution in [2.75, 3.05) is 20.2 Å². The summed E-state index contributed by atoms with van der Waals surface area (Å²) in [5.74, 6) is -0.253. The molecule has 1 saturated heterocycles. The molecule has 21 heavy (non-hydrogen) atoms. The van der Waals surface area contributed by atoms with E-state index in [4.69, 9.17) is 21.5 Å². The third-order valence-electron chi connectivity index (χ3n) is 3.51. The average molecular weight is 333 g/mol. The van der Waals surface area contributed by atoms with E-state index in [0.29, 0.717) is 13.1 Å². The molecule has 0 unspecified atom stereocenters. The Bertz CT molecular complexity index is 640. The number of likely N-dealkylation sites (tertiary alicyclic amines) is 1. The second-order valence-corrected chi connectivity index (χ2v) is 6.95. The van der Waals surface area contributed by atoms with Gasteiger partial charge in [-0.05, 0) is 31.0 Å². The molecule has 0 bridgehead atoms. The second-order valence-electron chi connectivity index (χ2n) is 4.95. The van der Waals surface area contributed by atoms with Crippen LogP contribution in [0.15, 0.2) is 23.1 Å². The molecule has 0 saturated carbocycles. The van der Waals surface area contributed by atoms with Crippen LogP contribution in [0.3, 0.4) is 0 Å². The van der Waals surface area contributed by atoms with Crippen LogP contribution in [0.5, 0.6) is 0 Å². The molecule has 1 amide bonds. The van der Waals surface area contributed by atoms with Crippen molar-refractivity contribution in [2.24, 2.45) is 5.14 Å². The number of piperidine rings is 1. The molecule has 1 heterocycles. The first-order chi connectivity index (χ1) is 9.81. The van der Waals surface area contributed by atoms with Crippen molar-refractivity contribution in [1.82, 2.24) is 4.90 Å². The normalized spacial score (nSPS) is 17.0. The van der Waals surface area contributed by atoms with Crippen LogP contribution in [0.2, 0.25) is 5.02 Å². The number of nitrogens with two attached hydrogens (primary N) is 1. The Kier molecular flexibility index (Phi) is 4.88. The van der Waals surface area contributed by atoms with Gasteiger partial charge in [0.1, 0.15) is 0 Å². The fourth-order valence-corrected chi connectivity index (χ4v) is 3.21. The highest BCUT2D eigenvalue weighted by Gasteiger charge is 2.24. The van der Waals surface area contributed by atoms with Gasteiger partial charge in [-0.3, -0.25) is 4.79 Å². The monoisotopic (exact) mass is 332 g/mol. The van der Waals surface area contributed by atoms with Gasteiger partial charge >= 0.3 is 0 Å². The zero-order chi connectivity index (χ0) is 15.6. The molecule has 0 aromatic heterocycles. The van der Waals surface area contributed by atoms with Crippen LogP contribution in [0.4, 0.5) is 0 Å². The summed E-state index contributed by atoms with van der Waals surface area (Å²) < 4.78 is 28.0. The van der Waals surface area contributed by atoms with Crippen molar-refractivity contribution in [2.45, 2.75) is 23.8 Å². The quantitative estimate of drug-likeness (QED) is 0.901. The molecule has 0 aliphatic carbocycles. The number of rotatable bonds is 3. The van der Waals surface area contributed by atoms with Crippen molar-refractivity contribution in [3.05, 3.63) is 28.8 Å². The molecular formula is C13H17ClN2O4S. The molecule has 1 fully saturated rings. The van der Waals surface area contributed by atoms with Crippen LogP contribution in [0.25, 0.3) is 0 Å². The first-order valence-electron chi connectivity index (χ1n) is 6.46. The number of methoxy groups -OCH3 is 1. The maximum Gasteiger partial charge on any atom is 0.253 e. The minimum atomic E-state index is -3.90. The Morgan fingerprint density at radius 1 is 1.33 bits per heavy atom. The fraction of sp³-hybridized carbons (Fsp3) is 0.462. The molecule has 2 rings (SSSR count). The largest absolute Gasteiger partial charge is 0.381 e. The molecule has 0 atom stereocenters. The minimum Gasteiger partial charge on any atom is -0.381 e. The zero-order valence-electron chi connectivity index (χ0n) is 11.6. The fourth-order valence-electron chi connectivity index (χ4n) is 2.33. The maximum absolute atomic E-state index is 12.4. The van der Waals surface area contributed by atoms with E-state index < -0.39 is 10.0 Å². The molecule has 8 heteroatoms. The van der Waals surface area contributed by atoms with Gasteiger partial charge in [0.15, 0.2) is 0 Å². The van der Waals surface area contributed by atoms with Crippen molar-refractivity contribution >= 4 is 27.5 Å². The summed E-state index contributed by atoms with van der Waals surface area (Å²) in [4.78, 5) is 13.9. The van der Waals surface area contributed by atoms with Gasteiger partial charge in [0.05, 0.1) is 11.0 Å². The Labute approximate surface area is 128 Å². The SMILES string of the molecule is COC1CCN(C(=O)c2cc(Cl)cc(S(N)(=O)=O)c2)CC1. The van der Waals surface area contributed by atoms with E-state index in [1.807, 2.05) is 0 Å². The Morgan fingerprint density at radius 2 is 1.95 bits per heavy atom. The predicted molar refractivity (Wildman–Crippen MR) is 78.8 cm³/mol.